The summed E-state index contributed by atoms with van der Waals surface area (Å²) < 4.78 is 68.5. The number of carboxylic acid groups (broad SMARTS) is 1. The third-order valence-electron chi connectivity index (χ3n) is 2.57. The second-order valence-electron chi connectivity index (χ2n) is 5.43. The van der Waals surface area contributed by atoms with Crippen molar-refractivity contribution >= 4 is 29.0 Å². The zero-order valence-corrected chi connectivity index (χ0v) is 15.1. The van der Waals surface area contributed by atoms with Crippen LogP contribution in [-0.4, -0.2) is 66.7 Å². The van der Waals surface area contributed by atoms with Crippen molar-refractivity contribution in [3.05, 3.63) is 21.9 Å². The topological polar surface area (TPSA) is 86.7 Å². The maximum Gasteiger partial charge on any atom is 0.490 e. The molecule has 0 bridgehead atoms. The molecule has 27 heavy (non-hydrogen) atoms. The summed E-state index contributed by atoms with van der Waals surface area (Å²) in [4.78, 5) is 33.2. The number of amides is 1. The number of carbonyl (C=O) groups is 3. The largest absolute Gasteiger partial charge is 0.490 e. The summed E-state index contributed by atoms with van der Waals surface area (Å²) in [5.74, 6) is -5.17. The number of rotatable bonds is 5. The fraction of sp³-hybridized carbons (Fsp3) is 0.500. The van der Waals surface area contributed by atoms with Crippen LogP contribution >= 0.6 is 11.3 Å². The van der Waals surface area contributed by atoms with Crippen molar-refractivity contribution in [2.24, 2.45) is 0 Å². The van der Waals surface area contributed by atoms with Crippen LogP contribution in [0.15, 0.2) is 12.1 Å². The van der Waals surface area contributed by atoms with Crippen LogP contribution in [0.2, 0.25) is 0 Å². The van der Waals surface area contributed by atoms with Gasteiger partial charge in [-0.25, -0.2) is 4.79 Å². The fourth-order valence-corrected chi connectivity index (χ4v) is 2.48. The van der Waals surface area contributed by atoms with E-state index in [0.29, 0.717) is 17.9 Å². The number of ketones is 1. The summed E-state index contributed by atoms with van der Waals surface area (Å²) in [7, 11) is 3.68. The number of Topliss-reactive ketones (excluding diaryl/α,β-unsaturated/α-hetero) is 1. The van der Waals surface area contributed by atoms with Gasteiger partial charge >= 0.3 is 18.3 Å². The molecule has 1 aromatic rings. The minimum Gasteiger partial charge on any atom is -0.475 e. The predicted octanol–water partition coefficient (Wildman–Crippen LogP) is 2.81. The van der Waals surface area contributed by atoms with E-state index in [1.807, 2.05) is 19.0 Å². The summed E-state index contributed by atoms with van der Waals surface area (Å²) in [6, 6.07) is 2.09. The Bertz CT molecular complexity index is 669. The summed E-state index contributed by atoms with van der Waals surface area (Å²) in [5.41, 5.74) is 0. The van der Waals surface area contributed by atoms with E-state index in [0.717, 1.165) is 6.07 Å². The van der Waals surface area contributed by atoms with Gasteiger partial charge in [0.25, 0.3) is 11.7 Å². The van der Waals surface area contributed by atoms with Gasteiger partial charge in [0.2, 0.25) is 0 Å². The molecule has 6 nitrogen and oxygen atoms in total. The molecule has 154 valence electrons. The van der Waals surface area contributed by atoms with E-state index < -0.39 is 34.9 Å². The van der Waals surface area contributed by atoms with Crippen molar-refractivity contribution in [2.75, 3.05) is 20.6 Å². The molecule has 0 radical (unpaired) electrons. The van der Waals surface area contributed by atoms with Gasteiger partial charge in [0.1, 0.15) is 0 Å². The molecule has 0 saturated carbocycles. The number of aliphatic carboxylic acids is 1. The first-order valence-electron chi connectivity index (χ1n) is 7.02. The SMILES string of the molecule is CC(CN(C)C)NC(=O)c1ccc(C(=O)C(F)(F)F)s1.O=C(O)C(F)(F)F. The lowest BCUT2D eigenvalue weighted by atomic mass is 10.3. The van der Waals surface area contributed by atoms with Crippen molar-refractivity contribution in [3.63, 3.8) is 0 Å². The number of likely N-dealkylation sites (N-methyl/N-ethyl adjacent to an activating group) is 1. The Labute approximate surface area is 153 Å². The number of thiophene rings is 1. The van der Waals surface area contributed by atoms with E-state index in [2.05, 4.69) is 5.32 Å². The molecule has 0 saturated heterocycles. The number of carbonyl (C=O) groups excluding carboxylic acids is 2. The summed E-state index contributed by atoms with van der Waals surface area (Å²) in [5, 5.41) is 9.78. The summed E-state index contributed by atoms with van der Waals surface area (Å²) >= 11 is 0.542. The van der Waals surface area contributed by atoms with Crippen LogP contribution in [-0.2, 0) is 4.79 Å². The second kappa shape index (κ2) is 9.69. The number of hydrogen-bond donors (Lipinski definition) is 2. The van der Waals surface area contributed by atoms with Gasteiger partial charge in [-0.1, -0.05) is 0 Å². The van der Waals surface area contributed by atoms with E-state index in [1.54, 1.807) is 6.92 Å². The van der Waals surface area contributed by atoms with E-state index in [4.69, 9.17) is 9.90 Å². The van der Waals surface area contributed by atoms with E-state index >= 15 is 0 Å². The molecule has 2 N–H and O–H groups in total. The Balaban J connectivity index is 0.000000821. The molecule has 1 amide bonds. The first-order chi connectivity index (χ1) is 12.1. The van der Waals surface area contributed by atoms with Crippen molar-refractivity contribution in [3.8, 4) is 0 Å². The van der Waals surface area contributed by atoms with Crippen LogP contribution in [0, 0.1) is 0 Å². The van der Waals surface area contributed by atoms with Crippen LogP contribution < -0.4 is 5.32 Å². The molecule has 13 heteroatoms. The average Bonchev–Trinajstić information content (AvgIpc) is 2.93. The first-order valence-corrected chi connectivity index (χ1v) is 7.84. The maximum atomic E-state index is 12.2. The molecule has 1 rings (SSSR count). The zero-order valence-electron chi connectivity index (χ0n) is 14.2. The van der Waals surface area contributed by atoms with Gasteiger partial charge in [-0.3, -0.25) is 9.59 Å². The normalized spacial score (nSPS) is 12.8. The standard InChI is InChI=1S/C12H15F3N2O2S.C2HF3O2/c1-7(6-17(2)3)16-11(19)9-5-4-8(20-9)10(18)12(13,14)15;3-2(4,5)1(6)7/h4-5,7H,6H2,1-3H3,(H,16,19);(H,6,7). The zero-order chi connectivity index (χ0) is 21.6. The highest BCUT2D eigenvalue weighted by Gasteiger charge is 2.40. The van der Waals surface area contributed by atoms with Crippen LogP contribution in [0.3, 0.4) is 0 Å². The molecular formula is C14H16F6N2O4S. The Kier molecular flexibility index (Phi) is 8.92. The number of alkyl halides is 6. The molecular weight excluding hydrogens is 406 g/mol. The van der Waals surface area contributed by atoms with Crippen molar-refractivity contribution in [1.82, 2.24) is 10.2 Å². The lowest BCUT2D eigenvalue weighted by Crippen LogP contribution is -2.39. The average molecular weight is 422 g/mol. The maximum absolute atomic E-state index is 12.2. The minimum atomic E-state index is -5.08. The van der Waals surface area contributed by atoms with Crippen molar-refractivity contribution < 1.29 is 45.8 Å². The smallest absolute Gasteiger partial charge is 0.475 e. The van der Waals surface area contributed by atoms with Gasteiger partial charge in [0, 0.05) is 12.6 Å². The number of carboxylic acids is 1. The predicted molar refractivity (Wildman–Crippen MR) is 83.9 cm³/mol. The monoisotopic (exact) mass is 422 g/mol. The summed E-state index contributed by atoms with van der Waals surface area (Å²) in [6.07, 6.45) is -10.0. The number of nitrogens with zero attached hydrogens (tertiary/aromatic N) is 1. The van der Waals surface area contributed by atoms with E-state index in [-0.39, 0.29) is 10.9 Å². The third kappa shape index (κ3) is 9.38. The molecule has 0 aliphatic rings. The van der Waals surface area contributed by atoms with Gasteiger partial charge in [-0.2, -0.15) is 26.3 Å². The molecule has 1 unspecified atom stereocenters. The lowest BCUT2D eigenvalue weighted by molar-refractivity contribution is -0.192. The van der Waals surface area contributed by atoms with Gasteiger partial charge in [0.05, 0.1) is 9.75 Å². The number of nitrogens with one attached hydrogen (secondary N) is 1. The van der Waals surface area contributed by atoms with Crippen LogP contribution in [0.5, 0.6) is 0 Å². The quantitative estimate of drug-likeness (QED) is 0.563. The van der Waals surface area contributed by atoms with Gasteiger partial charge in [0.15, 0.2) is 0 Å². The minimum absolute atomic E-state index is 0.0863. The highest BCUT2D eigenvalue weighted by molar-refractivity contribution is 7.16. The van der Waals surface area contributed by atoms with Crippen LogP contribution in [0.1, 0.15) is 26.3 Å². The van der Waals surface area contributed by atoms with E-state index in [1.165, 1.54) is 6.07 Å². The molecule has 0 aliphatic heterocycles. The third-order valence-corrected chi connectivity index (χ3v) is 3.65. The Morgan fingerprint density at radius 3 is 1.89 bits per heavy atom. The lowest BCUT2D eigenvalue weighted by Gasteiger charge is -2.17. The van der Waals surface area contributed by atoms with Crippen molar-refractivity contribution in [1.29, 1.82) is 0 Å². The molecule has 0 aliphatic carbocycles. The fourth-order valence-electron chi connectivity index (χ4n) is 1.61. The van der Waals surface area contributed by atoms with Gasteiger partial charge in [-0.05, 0) is 33.2 Å². The molecule has 0 spiro atoms. The first kappa shape index (κ1) is 24.8. The molecule has 1 heterocycles. The highest BCUT2D eigenvalue weighted by atomic mass is 32.1. The molecule has 1 atom stereocenters. The molecule has 1 aromatic heterocycles. The van der Waals surface area contributed by atoms with Crippen LogP contribution in [0.4, 0.5) is 26.3 Å². The highest BCUT2D eigenvalue weighted by Crippen LogP contribution is 2.26. The number of hydrogen-bond acceptors (Lipinski definition) is 5. The van der Waals surface area contributed by atoms with Crippen LogP contribution in [0.25, 0.3) is 0 Å². The molecule has 0 aromatic carbocycles. The summed E-state index contributed by atoms with van der Waals surface area (Å²) in [6.45, 7) is 2.39. The Hall–Kier alpha value is -2.15. The number of halogens is 6. The Morgan fingerprint density at radius 2 is 1.52 bits per heavy atom. The van der Waals surface area contributed by atoms with E-state index in [9.17, 15) is 35.9 Å². The Morgan fingerprint density at radius 1 is 1.07 bits per heavy atom. The van der Waals surface area contributed by atoms with Gasteiger partial charge in [-0.15, -0.1) is 11.3 Å². The second-order valence-corrected chi connectivity index (χ2v) is 6.51. The van der Waals surface area contributed by atoms with Gasteiger partial charge < -0.3 is 15.3 Å². The molecule has 0 fully saturated rings. The van der Waals surface area contributed by atoms with Crippen molar-refractivity contribution in [2.45, 2.75) is 25.3 Å².